The number of hydrogen-bond donors (Lipinski definition) is 2. The van der Waals surface area contributed by atoms with E-state index in [4.69, 9.17) is 12.2 Å². The molecule has 1 heterocycles. The third-order valence-corrected chi connectivity index (χ3v) is 2.54. The van der Waals surface area contributed by atoms with Gasteiger partial charge >= 0.3 is 0 Å². The Labute approximate surface area is 85.9 Å². The zero-order valence-electron chi connectivity index (χ0n) is 7.56. The molecule has 14 heavy (non-hydrogen) atoms. The Morgan fingerprint density at radius 3 is 2.57 bits per heavy atom. The number of phenols is 2. The molecular weight excluding hydrogens is 198 g/mol. The van der Waals surface area contributed by atoms with Crippen LogP contribution in [0.1, 0.15) is 0 Å². The summed E-state index contributed by atoms with van der Waals surface area (Å²) in [4.78, 5) is 0. The first-order valence-corrected chi connectivity index (χ1v) is 4.52. The summed E-state index contributed by atoms with van der Waals surface area (Å²) in [5.41, 5.74) is 0.799. The van der Waals surface area contributed by atoms with Crippen LogP contribution in [-0.2, 0) is 7.05 Å². The van der Waals surface area contributed by atoms with Gasteiger partial charge in [0.05, 0.1) is 5.52 Å². The fourth-order valence-electron chi connectivity index (χ4n) is 1.40. The van der Waals surface area contributed by atoms with Gasteiger partial charge in [-0.25, -0.2) is 0 Å². The van der Waals surface area contributed by atoms with E-state index in [1.54, 1.807) is 6.07 Å². The third-order valence-electron chi connectivity index (χ3n) is 2.19. The molecule has 0 unspecified atom stereocenters. The Morgan fingerprint density at radius 1 is 1.21 bits per heavy atom. The number of aromatic nitrogens is 1. The summed E-state index contributed by atoms with van der Waals surface area (Å²) < 4.78 is 2.50. The van der Waals surface area contributed by atoms with Gasteiger partial charge in [-0.1, -0.05) is 12.2 Å². The second-order valence-corrected chi connectivity index (χ2v) is 3.59. The van der Waals surface area contributed by atoms with Crippen molar-refractivity contribution in [1.82, 2.24) is 4.57 Å². The highest BCUT2D eigenvalue weighted by Gasteiger charge is 2.04. The van der Waals surface area contributed by atoms with Gasteiger partial charge in [-0.15, -0.1) is 0 Å². The average Bonchev–Trinajstić information content (AvgIpc) is 2.15. The molecule has 0 amide bonds. The average molecular weight is 207 g/mol. The normalized spacial score (nSPS) is 10.6. The maximum atomic E-state index is 9.34. The predicted octanol–water partition coefficient (Wildman–Crippen LogP) is 2.32. The molecule has 0 atom stereocenters. The third kappa shape index (κ3) is 1.24. The molecule has 1 aromatic heterocycles. The smallest absolute Gasteiger partial charge is 0.159 e. The lowest BCUT2D eigenvalue weighted by Crippen LogP contribution is -1.91. The second kappa shape index (κ2) is 2.99. The van der Waals surface area contributed by atoms with E-state index in [1.807, 2.05) is 17.8 Å². The van der Waals surface area contributed by atoms with Gasteiger partial charge in [-0.2, -0.15) is 0 Å². The number of benzene rings is 1. The number of nitrogens with zero attached hydrogens (tertiary/aromatic N) is 1. The summed E-state index contributed by atoms with van der Waals surface area (Å²) in [6.45, 7) is 0. The monoisotopic (exact) mass is 207 g/mol. The summed E-state index contributed by atoms with van der Waals surface area (Å²) in [5, 5.41) is 19.4. The van der Waals surface area contributed by atoms with Crippen LogP contribution in [0.2, 0.25) is 0 Å². The largest absolute Gasteiger partial charge is 0.504 e. The van der Waals surface area contributed by atoms with Gasteiger partial charge in [-0.3, -0.25) is 0 Å². The molecule has 0 fully saturated rings. The lowest BCUT2D eigenvalue weighted by atomic mass is 10.2. The predicted molar refractivity (Wildman–Crippen MR) is 57.1 cm³/mol. The van der Waals surface area contributed by atoms with E-state index < -0.39 is 0 Å². The van der Waals surface area contributed by atoms with Crippen molar-refractivity contribution in [2.45, 2.75) is 0 Å². The van der Waals surface area contributed by atoms with Crippen molar-refractivity contribution in [1.29, 1.82) is 0 Å². The molecule has 0 radical (unpaired) electrons. The summed E-state index contributed by atoms with van der Waals surface area (Å²) in [7, 11) is 1.85. The zero-order valence-corrected chi connectivity index (χ0v) is 8.38. The number of aryl methyl sites for hydroxylation is 1. The fraction of sp³-hybridized carbons (Fsp3) is 0.100. The van der Waals surface area contributed by atoms with Crippen LogP contribution in [0.4, 0.5) is 0 Å². The van der Waals surface area contributed by atoms with Crippen molar-refractivity contribution < 1.29 is 10.2 Å². The highest BCUT2D eigenvalue weighted by atomic mass is 32.1. The Kier molecular flexibility index (Phi) is 1.93. The van der Waals surface area contributed by atoms with Gasteiger partial charge in [0.1, 0.15) is 0 Å². The summed E-state index contributed by atoms with van der Waals surface area (Å²) in [5.74, 6) is -0.275. The first-order valence-electron chi connectivity index (χ1n) is 4.11. The summed E-state index contributed by atoms with van der Waals surface area (Å²) in [6.07, 6.45) is 1.82. The number of fused-ring (bicyclic) bond motifs is 1. The maximum absolute atomic E-state index is 9.34. The van der Waals surface area contributed by atoms with Crippen molar-refractivity contribution in [2.24, 2.45) is 7.05 Å². The second-order valence-electron chi connectivity index (χ2n) is 3.15. The minimum Gasteiger partial charge on any atom is -0.504 e. The van der Waals surface area contributed by atoms with Crippen molar-refractivity contribution in [3.63, 3.8) is 0 Å². The molecule has 0 aliphatic heterocycles. The topological polar surface area (TPSA) is 45.4 Å². The van der Waals surface area contributed by atoms with Crippen molar-refractivity contribution >= 4 is 23.1 Å². The Balaban J connectivity index is 3.02. The van der Waals surface area contributed by atoms with Crippen LogP contribution in [0.15, 0.2) is 24.4 Å². The van der Waals surface area contributed by atoms with Crippen LogP contribution in [0.3, 0.4) is 0 Å². The van der Waals surface area contributed by atoms with Crippen LogP contribution in [0.5, 0.6) is 11.5 Å². The summed E-state index contributed by atoms with van der Waals surface area (Å²) >= 11 is 5.11. The van der Waals surface area contributed by atoms with E-state index in [0.717, 1.165) is 10.9 Å². The number of rotatable bonds is 0. The van der Waals surface area contributed by atoms with Crippen molar-refractivity contribution in [3.05, 3.63) is 28.9 Å². The first kappa shape index (κ1) is 9.02. The van der Waals surface area contributed by atoms with E-state index in [9.17, 15) is 10.2 Å². The van der Waals surface area contributed by atoms with Crippen LogP contribution in [0, 0.1) is 4.51 Å². The van der Waals surface area contributed by atoms with E-state index in [-0.39, 0.29) is 11.5 Å². The molecule has 0 aliphatic carbocycles. The van der Waals surface area contributed by atoms with Gasteiger partial charge in [0.15, 0.2) is 11.5 Å². The van der Waals surface area contributed by atoms with Crippen molar-refractivity contribution in [2.75, 3.05) is 0 Å². The SMILES string of the molecule is Cn1ccc(=S)c2cc(O)c(O)cc21. The molecule has 0 spiro atoms. The number of hydrogen-bond acceptors (Lipinski definition) is 3. The van der Waals surface area contributed by atoms with Gasteiger partial charge in [0.2, 0.25) is 0 Å². The zero-order chi connectivity index (χ0) is 10.3. The Hall–Kier alpha value is -1.55. The van der Waals surface area contributed by atoms with Crippen molar-refractivity contribution in [3.8, 4) is 11.5 Å². The quantitative estimate of drug-likeness (QED) is 0.514. The van der Waals surface area contributed by atoms with Gasteiger partial charge in [0, 0.05) is 29.2 Å². The molecule has 2 rings (SSSR count). The standard InChI is InChI=1S/C10H9NO2S/c1-11-3-2-10(14)6-4-8(12)9(13)5-7(6)11/h2-5,12-13H,1H3. The molecule has 2 aromatic rings. The number of pyridine rings is 1. The molecule has 1 aromatic carbocycles. The van der Waals surface area contributed by atoms with E-state index in [2.05, 4.69) is 0 Å². The fourth-order valence-corrected chi connectivity index (χ4v) is 1.63. The number of phenolic OH excluding ortho intramolecular Hbond substituents is 2. The molecule has 0 bridgehead atoms. The lowest BCUT2D eigenvalue weighted by Gasteiger charge is -2.06. The van der Waals surface area contributed by atoms with E-state index >= 15 is 0 Å². The molecule has 3 nitrogen and oxygen atoms in total. The molecular formula is C10H9NO2S. The number of aromatic hydroxyl groups is 2. The van der Waals surface area contributed by atoms with Crippen LogP contribution in [-0.4, -0.2) is 14.8 Å². The molecule has 0 saturated carbocycles. The molecule has 4 heteroatoms. The van der Waals surface area contributed by atoms with Gasteiger partial charge in [-0.05, 0) is 12.1 Å². The minimum absolute atomic E-state index is 0.131. The summed E-state index contributed by atoms with van der Waals surface area (Å²) in [6, 6.07) is 4.77. The Bertz CT molecular complexity index is 560. The highest BCUT2D eigenvalue weighted by Crippen LogP contribution is 2.30. The van der Waals surface area contributed by atoms with Crippen LogP contribution in [0.25, 0.3) is 10.9 Å². The van der Waals surface area contributed by atoms with E-state index in [1.165, 1.54) is 12.1 Å². The van der Waals surface area contributed by atoms with Crippen LogP contribution >= 0.6 is 12.2 Å². The van der Waals surface area contributed by atoms with Crippen LogP contribution < -0.4 is 0 Å². The Morgan fingerprint density at radius 2 is 1.86 bits per heavy atom. The first-order chi connectivity index (χ1) is 6.59. The maximum Gasteiger partial charge on any atom is 0.159 e. The van der Waals surface area contributed by atoms with Gasteiger partial charge in [0.25, 0.3) is 0 Å². The van der Waals surface area contributed by atoms with Gasteiger partial charge < -0.3 is 14.8 Å². The molecule has 0 aliphatic rings. The molecule has 72 valence electrons. The lowest BCUT2D eigenvalue weighted by molar-refractivity contribution is 0.404. The molecule has 2 N–H and O–H groups in total. The minimum atomic E-state index is -0.144. The van der Waals surface area contributed by atoms with E-state index in [0.29, 0.717) is 4.51 Å². The molecule has 0 saturated heterocycles. The highest BCUT2D eigenvalue weighted by molar-refractivity contribution is 7.71.